The normalized spacial score (nSPS) is 18.6. The van der Waals surface area contributed by atoms with Gasteiger partial charge in [-0.3, -0.25) is 0 Å². The van der Waals surface area contributed by atoms with Gasteiger partial charge < -0.3 is 24.4 Å². The summed E-state index contributed by atoms with van der Waals surface area (Å²) in [6.07, 6.45) is 0.436. The molecule has 0 radical (unpaired) electrons. The highest BCUT2D eigenvalue weighted by atomic mass is 32.2. The molecular weight excluding hydrogens is 348 g/mol. The van der Waals surface area contributed by atoms with Crippen molar-refractivity contribution in [3.05, 3.63) is 18.2 Å². The molecule has 0 spiro atoms. The van der Waals surface area contributed by atoms with Crippen molar-refractivity contribution < 1.29 is 27.4 Å². The molecule has 2 rings (SSSR count). The van der Waals surface area contributed by atoms with Gasteiger partial charge in [0.2, 0.25) is 0 Å². The quantitative estimate of drug-likeness (QED) is 0.777. The lowest BCUT2D eigenvalue weighted by atomic mass is 10.2. The fourth-order valence-electron chi connectivity index (χ4n) is 2.77. The topological polar surface area (TPSA) is 94.2 Å². The number of nitrogens with zero attached hydrogens (tertiary/aromatic N) is 1. The third-order valence-electron chi connectivity index (χ3n) is 4.08. The maximum Gasteiger partial charge on any atom is 0.322 e. The zero-order chi connectivity index (χ0) is 18.4. The first-order valence-electron chi connectivity index (χ1n) is 7.89. The van der Waals surface area contributed by atoms with E-state index in [1.165, 1.54) is 26.2 Å². The number of ether oxygens (including phenoxy) is 3. The minimum Gasteiger partial charge on any atom is -0.493 e. The Labute approximate surface area is 148 Å². The Morgan fingerprint density at radius 1 is 1.24 bits per heavy atom. The Morgan fingerprint density at radius 3 is 2.52 bits per heavy atom. The zero-order valence-electron chi connectivity index (χ0n) is 14.6. The van der Waals surface area contributed by atoms with Crippen LogP contribution in [0.5, 0.6) is 11.5 Å². The molecule has 8 nitrogen and oxygen atoms in total. The van der Waals surface area contributed by atoms with Crippen molar-refractivity contribution in [2.24, 2.45) is 0 Å². The summed E-state index contributed by atoms with van der Waals surface area (Å²) < 4.78 is 38.9. The second-order valence-electron chi connectivity index (χ2n) is 5.74. The van der Waals surface area contributed by atoms with Gasteiger partial charge in [-0.1, -0.05) is 0 Å². The van der Waals surface area contributed by atoms with Crippen LogP contribution in [0.2, 0.25) is 0 Å². The predicted octanol–water partition coefficient (Wildman–Crippen LogP) is 1.37. The fourth-order valence-corrected chi connectivity index (χ4v) is 4.50. The number of nitrogens with one attached hydrogen (secondary N) is 1. The lowest BCUT2D eigenvalue weighted by Gasteiger charge is -2.28. The van der Waals surface area contributed by atoms with Gasteiger partial charge in [0.05, 0.1) is 32.3 Å². The van der Waals surface area contributed by atoms with E-state index in [9.17, 15) is 13.2 Å². The number of amides is 2. The van der Waals surface area contributed by atoms with Crippen LogP contribution in [0, 0.1) is 0 Å². The molecule has 1 fully saturated rings. The molecule has 9 heteroatoms. The summed E-state index contributed by atoms with van der Waals surface area (Å²) in [5, 5.41) is 2.78. The minimum atomic E-state index is -3.09. The van der Waals surface area contributed by atoms with Crippen LogP contribution in [0.3, 0.4) is 0 Å². The van der Waals surface area contributed by atoms with Crippen LogP contribution in [0.25, 0.3) is 0 Å². The van der Waals surface area contributed by atoms with Crippen LogP contribution in [0.15, 0.2) is 18.2 Å². The van der Waals surface area contributed by atoms with Crippen LogP contribution in [0.1, 0.15) is 6.42 Å². The van der Waals surface area contributed by atoms with E-state index < -0.39 is 9.84 Å². The number of hydrogen-bond donors (Lipinski definition) is 1. The van der Waals surface area contributed by atoms with E-state index in [1.807, 2.05) is 0 Å². The summed E-state index contributed by atoms with van der Waals surface area (Å²) in [5.74, 6) is 1.13. The molecule has 1 atom stereocenters. The third kappa shape index (κ3) is 4.99. The Balaban J connectivity index is 2.14. The van der Waals surface area contributed by atoms with Crippen LogP contribution < -0.4 is 14.8 Å². The number of sulfone groups is 1. The standard InChI is InChI=1S/C16H24N2O6S/c1-22-8-7-18(13-6-9-25(20,21)11-13)16(19)17-12-4-5-14(23-2)15(10-12)24-3/h4-5,10,13H,6-9,11H2,1-3H3,(H,17,19). The Morgan fingerprint density at radius 2 is 1.96 bits per heavy atom. The van der Waals surface area contributed by atoms with Crippen molar-refractivity contribution in [2.75, 3.05) is 51.3 Å². The average molecular weight is 372 g/mol. The molecule has 0 saturated carbocycles. The molecule has 1 heterocycles. The summed E-state index contributed by atoms with van der Waals surface area (Å²) in [5.41, 5.74) is 0.533. The maximum absolute atomic E-state index is 12.7. The van der Waals surface area contributed by atoms with Gasteiger partial charge in [0, 0.05) is 31.5 Å². The highest BCUT2D eigenvalue weighted by Crippen LogP contribution is 2.30. The average Bonchev–Trinajstić information content (AvgIpc) is 2.94. The molecular formula is C16H24N2O6S. The van der Waals surface area contributed by atoms with Crippen molar-refractivity contribution in [1.82, 2.24) is 4.90 Å². The molecule has 0 aromatic heterocycles. The molecule has 1 N–H and O–H groups in total. The minimum absolute atomic E-state index is 0.0178. The molecule has 1 aliphatic rings. The number of urea groups is 1. The number of rotatable bonds is 7. The predicted molar refractivity (Wildman–Crippen MR) is 94.2 cm³/mol. The first kappa shape index (κ1) is 19.3. The second kappa shape index (κ2) is 8.39. The van der Waals surface area contributed by atoms with Gasteiger partial charge in [-0.25, -0.2) is 13.2 Å². The van der Waals surface area contributed by atoms with Crippen LogP contribution in [-0.4, -0.2) is 71.4 Å². The third-order valence-corrected chi connectivity index (χ3v) is 5.83. The highest BCUT2D eigenvalue weighted by Gasteiger charge is 2.34. The van der Waals surface area contributed by atoms with Gasteiger partial charge in [0.1, 0.15) is 0 Å². The summed E-state index contributed by atoms with van der Waals surface area (Å²) in [6, 6.07) is 4.32. The van der Waals surface area contributed by atoms with Gasteiger partial charge in [-0.05, 0) is 18.6 Å². The monoisotopic (exact) mass is 372 g/mol. The number of carbonyl (C=O) groups excluding carboxylic acids is 1. The number of benzene rings is 1. The smallest absolute Gasteiger partial charge is 0.322 e. The molecule has 1 saturated heterocycles. The number of carbonyl (C=O) groups is 1. The summed E-state index contributed by atoms with van der Waals surface area (Å²) in [7, 11) is 1.49. The lowest BCUT2D eigenvalue weighted by molar-refractivity contribution is 0.140. The Bertz CT molecular complexity index is 707. The number of hydrogen-bond acceptors (Lipinski definition) is 6. The summed E-state index contributed by atoms with van der Waals surface area (Å²) >= 11 is 0. The van der Waals surface area contributed by atoms with E-state index in [2.05, 4.69) is 5.32 Å². The van der Waals surface area contributed by atoms with Crippen LogP contribution in [-0.2, 0) is 14.6 Å². The molecule has 1 aliphatic heterocycles. The fraction of sp³-hybridized carbons (Fsp3) is 0.562. The molecule has 1 aromatic rings. The van der Waals surface area contributed by atoms with Crippen molar-refractivity contribution in [1.29, 1.82) is 0 Å². The molecule has 1 aromatic carbocycles. The van der Waals surface area contributed by atoms with E-state index in [0.717, 1.165) is 0 Å². The molecule has 25 heavy (non-hydrogen) atoms. The van der Waals surface area contributed by atoms with Gasteiger partial charge in [0.25, 0.3) is 0 Å². The Hall–Kier alpha value is -2.00. The number of methoxy groups -OCH3 is 3. The van der Waals surface area contributed by atoms with E-state index in [1.54, 1.807) is 18.2 Å². The van der Waals surface area contributed by atoms with Gasteiger partial charge >= 0.3 is 6.03 Å². The van der Waals surface area contributed by atoms with Crippen molar-refractivity contribution in [3.8, 4) is 11.5 Å². The molecule has 2 amide bonds. The van der Waals surface area contributed by atoms with Crippen molar-refractivity contribution >= 4 is 21.6 Å². The Kier molecular flexibility index (Phi) is 6.49. The second-order valence-corrected chi connectivity index (χ2v) is 7.97. The van der Waals surface area contributed by atoms with E-state index in [0.29, 0.717) is 36.8 Å². The summed E-state index contributed by atoms with van der Waals surface area (Å²) in [6.45, 7) is 0.645. The van der Waals surface area contributed by atoms with E-state index >= 15 is 0 Å². The van der Waals surface area contributed by atoms with Gasteiger partial charge in [0.15, 0.2) is 21.3 Å². The summed E-state index contributed by atoms with van der Waals surface area (Å²) in [4.78, 5) is 14.2. The number of anilines is 1. The first-order valence-corrected chi connectivity index (χ1v) is 9.71. The SMILES string of the molecule is COCCN(C(=O)Nc1ccc(OC)c(OC)c1)C1CCS(=O)(=O)C1. The highest BCUT2D eigenvalue weighted by molar-refractivity contribution is 7.91. The largest absolute Gasteiger partial charge is 0.493 e. The van der Waals surface area contributed by atoms with E-state index in [-0.39, 0.29) is 23.6 Å². The van der Waals surface area contributed by atoms with Gasteiger partial charge in [-0.15, -0.1) is 0 Å². The molecule has 0 bridgehead atoms. The van der Waals surface area contributed by atoms with Crippen molar-refractivity contribution in [3.63, 3.8) is 0 Å². The van der Waals surface area contributed by atoms with Crippen molar-refractivity contribution in [2.45, 2.75) is 12.5 Å². The molecule has 1 unspecified atom stereocenters. The first-order chi connectivity index (χ1) is 11.9. The maximum atomic E-state index is 12.7. The van der Waals surface area contributed by atoms with Crippen LogP contribution >= 0.6 is 0 Å². The zero-order valence-corrected chi connectivity index (χ0v) is 15.5. The van der Waals surface area contributed by atoms with Gasteiger partial charge in [-0.2, -0.15) is 0 Å². The van der Waals surface area contributed by atoms with Crippen LogP contribution in [0.4, 0.5) is 10.5 Å². The molecule has 140 valence electrons. The lowest BCUT2D eigenvalue weighted by Crippen LogP contribution is -2.45. The van der Waals surface area contributed by atoms with E-state index in [4.69, 9.17) is 14.2 Å². The molecule has 0 aliphatic carbocycles.